The third kappa shape index (κ3) is 5.13. The highest BCUT2D eigenvalue weighted by Crippen LogP contribution is 2.68. The van der Waals surface area contributed by atoms with Gasteiger partial charge in [0.2, 0.25) is 6.29 Å². The van der Waals surface area contributed by atoms with Crippen molar-refractivity contribution in [3.63, 3.8) is 0 Å². The molecule has 11 heteroatoms. The van der Waals surface area contributed by atoms with E-state index in [9.17, 15) is 45.3 Å². The fourth-order valence-corrected chi connectivity index (χ4v) is 10.0. The number of carboxylic acids is 1. The standard InChI is InChI=1S/C30H48O11/c1-13(4-7-21(34)40-28-25(37)23(35)24(36)26(41-28)27(38)39)16-5-6-17-22-18(12-20(33)30(16,17)3)29(2)9-8-15(31)10-14(29)11-19(22)32/h13-20,22-26,28,31-33,35-37H,4-12H2,1-3H3,(H,38,39). The smallest absolute Gasteiger partial charge is 0.335 e. The molecule has 5 fully saturated rings. The van der Waals surface area contributed by atoms with Gasteiger partial charge in [-0.05, 0) is 97.7 Å². The number of aliphatic hydroxyl groups is 6. The van der Waals surface area contributed by atoms with Gasteiger partial charge < -0.3 is 45.2 Å². The molecule has 7 N–H and O–H groups in total. The number of esters is 1. The van der Waals surface area contributed by atoms with Crippen molar-refractivity contribution in [2.24, 2.45) is 46.3 Å². The summed E-state index contributed by atoms with van der Waals surface area (Å²) < 4.78 is 10.2. The molecule has 234 valence electrons. The van der Waals surface area contributed by atoms with E-state index in [1.54, 1.807) is 0 Å². The summed E-state index contributed by atoms with van der Waals surface area (Å²) in [5.41, 5.74) is -0.422. The summed E-state index contributed by atoms with van der Waals surface area (Å²) in [6.07, 6.45) is -4.53. The average molecular weight is 585 g/mol. The Bertz CT molecular complexity index is 991. The zero-order valence-corrected chi connectivity index (χ0v) is 24.2. The summed E-state index contributed by atoms with van der Waals surface area (Å²) >= 11 is 0. The fourth-order valence-electron chi connectivity index (χ4n) is 10.0. The molecule has 1 saturated heterocycles. The number of fused-ring (bicyclic) bond motifs is 5. The minimum absolute atomic E-state index is 0.00603. The molecule has 0 amide bonds. The van der Waals surface area contributed by atoms with Crippen LogP contribution in [0.5, 0.6) is 0 Å². The van der Waals surface area contributed by atoms with Crippen molar-refractivity contribution in [1.82, 2.24) is 0 Å². The summed E-state index contributed by atoms with van der Waals surface area (Å²) in [7, 11) is 0. The highest BCUT2D eigenvalue weighted by molar-refractivity contribution is 5.73. The Morgan fingerprint density at radius 1 is 0.927 bits per heavy atom. The number of hydrogen-bond donors (Lipinski definition) is 7. The maximum atomic E-state index is 12.7. The lowest BCUT2D eigenvalue weighted by atomic mass is 9.43. The van der Waals surface area contributed by atoms with E-state index >= 15 is 0 Å². The van der Waals surface area contributed by atoms with Crippen molar-refractivity contribution in [1.29, 1.82) is 0 Å². The van der Waals surface area contributed by atoms with Gasteiger partial charge in [0.15, 0.2) is 6.10 Å². The highest BCUT2D eigenvalue weighted by Gasteiger charge is 2.65. The number of carbonyl (C=O) groups is 2. The van der Waals surface area contributed by atoms with E-state index in [0.29, 0.717) is 25.7 Å². The zero-order valence-electron chi connectivity index (χ0n) is 24.2. The second-order valence-corrected chi connectivity index (χ2v) is 14.3. The van der Waals surface area contributed by atoms with Crippen LogP contribution in [0.25, 0.3) is 0 Å². The molecule has 41 heavy (non-hydrogen) atoms. The molecule has 16 atom stereocenters. The monoisotopic (exact) mass is 584 g/mol. The van der Waals surface area contributed by atoms with Gasteiger partial charge in [0.05, 0.1) is 18.3 Å². The van der Waals surface area contributed by atoms with Crippen LogP contribution in [0.3, 0.4) is 0 Å². The number of aliphatic hydroxyl groups excluding tert-OH is 6. The largest absolute Gasteiger partial charge is 0.479 e. The summed E-state index contributed by atoms with van der Waals surface area (Å²) in [6.45, 7) is 6.49. The number of carbonyl (C=O) groups excluding carboxylic acids is 1. The molecule has 5 rings (SSSR count). The Kier molecular flexibility index (Phi) is 8.57. The summed E-state index contributed by atoms with van der Waals surface area (Å²) in [4.78, 5) is 24.0. The van der Waals surface area contributed by atoms with Crippen molar-refractivity contribution in [2.75, 3.05) is 0 Å². The van der Waals surface area contributed by atoms with Crippen molar-refractivity contribution in [3.8, 4) is 0 Å². The van der Waals surface area contributed by atoms with E-state index in [4.69, 9.17) is 9.47 Å². The normalized spacial score (nSPS) is 52.1. The molecule has 1 heterocycles. The Hall–Kier alpha value is -1.34. The third-order valence-electron chi connectivity index (χ3n) is 12.4. The minimum atomic E-state index is -1.86. The van der Waals surface area contributed by atoms with Crippen molar-refractivity contribution in [2.45, 2.75) is 128 Å². The van der Waals surface area contributed by atoms with E-state index < -0.39 is 60.3 Å². The van der Waals surface area contributed by atoms with Gasteiger partial charge in [-0.2, -0.15) is 0 Å². The Balaban J connectivity index is 1.23. The summed E-state index contributed by atoms with van der Waals surface area (Å²) in [5.74, 6) is -1.42. The first-order valence-corrected chi connectivity index (χ1v) is 15.4. The lowest BCUT2D eigenvalue weighted by Gasteiger charge is -2.63. The molecule has 0 radical (unpaired) electrons. The Morgan fingerprint density at radius 3 is 2.32 bits per heavy atom. The quantitative estimate of drug-likeness (QED) is 0.218. The van der Waals surface area contributed by atoms with Gasteiger partial charge in [0, 0.05) is 6.42 Å². The van der Waals surface area contributed by atoms with Crippen LogP contribution in [0.1, 0.15) is 78.6 Å². The van der Waals surface area contributed by atoms with Gasteiger partial charge >= 0.3 is 11.9 Å². The third-order valence-corrected chi connectivity index (χ3v) is 12.4. The molecule has 5 aliphatic rings. The highest BCUT2D eigenvalue weighted by atomic mass is 16.7. The molecule has 0 aromatic carbocycles. The molecular weight excluding hydrogens is 536 g/mol. The molecule has 0 spiro atoms. The number of hydrogen-bond acceptors (Lipinski definition) is 10. The van der Waals surface area contributed by atoms with Gasteiger partial charge in [-0.15, -0.1) is 0 Å². The van der Waals surface area contributed by atoms with E-state index in [-0.39, 0.29) is 53.4 Å². The predicted octanol–water partition coefficient (Wildman–Crippen LogP) is 0.800. The number of carboxylic acid groups (broad SMARTS) is 1. The number of aliphatic carboxylic acids is 1. The van der Waals surface area contributed by atoms with Crippen molar-refractivity contribution >= 4 is 11.9 Å². The lowest BCUT2D eigenvalue weighted by Crippen LogP contribution is -2.62. The van der Waals surface area contributed by atoms with Crippen molar-refractivity contribution in [3.05, 3.63) is 0 Å². The topological polar surface area (TPSA) is 194 Å². The molecule has 0 aromatic rings. The zero-order chi connectivity index (χ0) is 30.0. The van der Waals surface area contributed by atoms with Gasteiger partial charge in [0.25, 0.3) is 0 Å². The number of rotatable bonds is 6. The molecule has 4 aliphatic carbocycles. The van der Waals surface area contributed by atoms with Crippen LogP contribution in [-0.2, 0) is 19.1 Å². The molecule has 0 bridgehead atoms. The molecule has 11 nitrogen and oxygen atoms in total. The van der Waals surface area contributed by atoms with Gasteiger partial charge in [-0.1, -0.05) is 20.8 Å². The van der Waals surface area contributed by atoms with Crippen LogP contribution in [0.2, 0.25) is 0 Å². The van der Waals surface area contributed by atoms with E-state index in [1.165, 1.54) is 0 Å². The van der Waals surface area contributed by atoms with E-state index in [2.05, 4.69) is 13.8 Å². The summed E-state index contributed by atoms with van der Waals surface area (Å²) in [5, 5.41) is 72.6. The van der Waals surface area contributed by atoms with Crippen molar-refractivity contribution < 1.29 is 54.8 Å². The van der Waals surface area contributed by atoms with Crippen LogP contribution < -0.4 is 0 Å². The average Bonchev–Trinajstić information content (AvgIpc) is 3.27. The Labute approximate surface area is 240 Å². The first-order chi connectivity index (χ1) is 19.2. The Morgan fingerprint density at radius 2 is 1.63 bits per heavy atom. The van der Waals surface area contributed by atoms with E-state index in [0.717, 1.165) is 25.7 Å². The van der Waals surface area contributed by atoms with Crippen LogP contribution >= 0.6 is 0 Å². The van der Waals surface area contributed by atoms with Crippen LogP contribution in [0.4, 0.5) is 0 Å². The minimum Gasteiger partial charge on any atom is -0.479 e. The molecule has 4 saturated carbocycles. The maximum absolute atomic E-state index is 12.7. The second-order valence-electron chi connectivity index (χ2n) is 14.3. The predicted molar refractivity (Wildman–Crippen MR) is 143 cm³/mol. The van der Waals surface area contributed by atoms with Crippen LogP contribution in [-0.4, -0.2) is 96.7 Å². The van der Waals surface area contributed by atoms with Crippen LogP contribution in [0.15, 0.2) is 0 Å². The van der Waals surface area contributed by atoms with E-state index in [1.807, 2.05) is 6.92 Å². The first kappa shape index (κ1) is 31.1. The number of ether oxygens (including phenoxy) is 2. The van der Waals surface area contributed by atoms with Gasteiger partial charge in [0.1, 0.15) is 18.3 Å². The molecule has 16 unspecified atom stereocenters. The molecular formula is C30H48O11. The SMILES string of the molecule is CC(CCC(=O)OC1OC(C(=O)O)C(O)C(O)C1O)C1CCC2C3C(O)CC4CC(O)CCC4(C)C3CC(O)C12C. The van der Waals surface area contributed by atoms with Gasteiger partial charge in [-0.3, -0.25) is 4.79 Å². The molecule has 0 aromatic heterocycles. The first-order valence-electron chi connectivity index (χ1n) is 15.4. The second kappa shape index (κ2) is 11.3. The van der Waals surface area contributed by atoms with Crippen LogP contribution in [0, 0.1) is 46.3 Å². The fraction of sp³-hybridized carbons (Fsp3) is 0.933. The maximum Gasteiger partial charge on any atom is 0.335 e. The van der Waals surface area contributed by atoms with Gasteiger partial charge in [-0.25, -0.2) is 4.79 Å². The summed E-state index contributed by atoms with van der Waals surface area (Å²) in [6, 6.07) is 0. The molecule has 1 aliphatic heterocycles. The lowest BCUT2D eigenvalue weighted by molar-refractivity contribution is -0.286.